The van der Waals surface area contributed by atoms with Crippen molar-refractivity contribution >= 4 is 5.57 Å². The third kappa shape index (κ3) is 7.31. The van der Waals surface area contributed by atoms with Gasteiger partial charge >= 0.3 is 0 Å². The largest absolute Gasteiger partial charge is 0.490 e. The lowest BCUT2D eigenvalue weighted by molar-refractivity contribution is 0.0741. The highest BCUT2D eigenvalue weighted by Crippen LogP contribution is 2.52. The zero-order valence-corrected chi connectivity index (χ0v) is 21.9. The van der Waals surface area contributed by atoms with E-state index in [9.17, 15) is 8.78 Å². The number of rotatable bonds is 14. The molecule has 1 nitrogen and oxygen atoms in total. The van der Waals surface area contributed by atoms with Crippen LogP contribution in [0, 0.1) is 23.0 Å². The van der Waals surface area contributed by atoms with Gasteiger partial charge in [0.1, 0.15) is 0 Å². The van der Waals surface area contributed by atoms with Gasteiger partial charge in [-0.05, 0) is 74.0 Å². The predicted octanol–water partition coefficient (Wildman–Crippen LogP) is 10.4. The van der Waals surface area contributed by atoms with E-state index in [1.54, 1.807) is 12.1 Å². The van der Waals surface area contributed by atoms with Gasteiger partial charge in [0, 0.05) is 5.56 Å². The molecular formula is C31H48F2O. The molecule has 2 aliphatic rings. The van der Waals surface area contributed by atoms with Gasteiger partial charge in [-0.2, -0.15) is 4.39 Å². The van der Waals surface area contributed by atoms with Gasteiger partial charge in [-0.1, -0.05) is 90.6 Å². The van der Waals surface area contributed by atoms with E-state index in [4.69, 9.17) is 4.74 Å². The number of halogens is 2. The van der Waals surface area contributed by atoms with Crippen LogP contribution in [0.4, 0.5) is 8.78 Å². The summed E-state index contributed by atoms with van der Waals surface area (Å²) in [4.78, 5) is 0. The second-order valence-electron chi connectivity index (χ2n) is 10.9. The molecule has 1 atom stereocenters. The summed E-state index contributed by atoms with van der Waals surface area (Å²) in [6.45, 7) is 4.93. The van der Waals surface area contributed by atoms with Crippen molar-refractivity contribution in [1.29, 1.82) is 0 Å². The molecule has 34 heavy (non-hydrogen) atoms. The second kappa shape index (κ2) is 14.2. The van der Waals surface area contributed by atoms with Crippen molar-refractivity contribution in [3.63, 3.8) is 0 Å². The van der Waals surface area contributed by atoms with Crippen molar-refractivity contribution < 1.29 is 13.5 Å². The van der Waals surface area contributed by atoms with Crippen LogP contribution in [0.1, 0.15) is 135 Å². The first kappa shape index (κ1) is 27.2. The van der Waals surface area contributed by atoms with Crippen molar-refractivity contribution in [2.45, 2.75) is 129 Å². The molecule has 1 saturated carbocycles. The van der Waals surface area contributed by atoms with Crippen molar-refractivity contribution in [2.24, 2.45) is 11.3 Å². The first-order chi connectivity index (χ1) is 16.6. The van der Waals surface area contributed by atoms with Crippen LogP contribution in [0.5, 0.6) is 5.75 Å². The van der Waals surface area contributed by atoms with Crippen LogP contribution in [0.25, 0.3) is 5.57 Å². The maximum Gasteiger partial charge on any atom is 0.201 e. The summed E-state index contributed by atoms with van der Waals surface area (Å²) in [5, 5.41) is 0. The van der Waals surface area contributed by atoms with Crippen molar-refractivity contribution in [3.8, 4) is 5.75 Å². The number of benzene rings is 1. The molecule has 3 heteroatoms. The van der Waals surface area contributed by atoms with Crippen molar-refractivity contribution in [1.82, 2.24) is 0 Å². The highest BCUT2D eigenvalue weighted by atomic mass is 19.2. The Morgan fingerprint density at radius 3 is 2.26 bits per heavy atom. The molecule has 0 spiro atoms. The standard InChI is InChI=1S/C31H48F2O/c1-3-5-7-8-9-14-24-34-28-20-19-27(29(32)30(28)33)25-15-17-26(18-16-25)31(21-11-6-4-2)22-12-10-13-23-31/h15,19-20,26H,3-14,16-18,21-24H2,1-2H3. The minimum Gasteiger partial charge on any atom is -0.490 e. The van der Waals surface area contributed by atoms with E-state index < -0.39 is 11.6 Å². The first-order valence-corrected chi connectivity index (χ1v) is 14.4. The van der Waals surface area contributed by atoms with Crippen LogP contribution in [0.15, 0.2) is 18.2 Å². The summed E-state index contributed by atoms with van der Waals surface area (Å²) in [6, 6.07) is 3.36. The maximum atomic E-state index is 15.0. The zero-order chi connectivity index (χ0) is 24.2. The summed E-state index contributed by atoms with van der Waals surface area (Å²) in [5.41, 5.74) is 1.90. The molecule has 1 fully saturated rings. The Morgan fingerprint density at radius 2 is 1.56 bits per heavy atom. The quantitative estimate of drug-likeness (QED) is 0.244. The Balaban J connectivity index is 1.58. The molecule has 2 aliphatic carbocycles. The van der Waals surface area contributed by atoms with E-state index in [1.807, 2.05) is 0 Å². The third-order valence-corrected chi connectivity index (χ3v) is 8.55. The Labute approximate surface area is 207 Å². The van der Waals surface area contributed by atoms with E-state index >= 15 is 0 Å². The molecule has 192 valence electrons. The first-order valence-electron chi connectivity index (χ1n) is 14.4. The monoisotopic (exact) mass is 474 g/mol. The zero-order valence-electron chi connectivity index (χ0n) is 21.9. The lowest BCUT2D eigenvalue weighted by Gasteiger charge is -2.45. The van der Waals surface area contributed by atoms with Gasteiger partial charge in [0.05, 0.1) is 6.61 Å². The molecule has 1 aromatic carbocycles. The van der Waals surface area contributed by atoms with Crippen LogP contribution in [0.2, 0.25) is 0 Å². The molecule has 0 aromatic heterocycles. The molecule has 0 heterocycles. The number of ether oxygens (including phenoxy) is 1. The SMILES string of the molecule is CCCCCCCCOc1ccc(C2=CCC(C3(CCCCC)CCCCC3)CC2)c(F)c1F. The molecule has 0 radical (unpaired) electrons. The van der Waals surface area contributed by atoms with E-state index in [0.717, 1.165) is 37.7 Å². The predicted molar refractivity (Wildman–Crippen MR) is 140 cm³/mol. The highest BCUT2D eigenvalue weighted by molar-refractivity contribution is 5.67. The van der Waals surface area contributed by atoms with E-state index in [-0.39, 0.29) is 5.75 Å². The summed E-state index contributed by atoms with van der Waals surface area (Å²) in [7, 11) is 0. The fourth-order valence-electron chi connectivity index (χ4n) is 6.44. The molecule has 0 aliphatic heterocycles. The van der Waals surface area contributed by atoms with E-state index in [0.29, 0.717) is 23.5 Å². The van der Waals surface area contributed by atoms with Crippen LogP contribution in [-0.2, 0) is 0 Å². The van der Waals surface area contributed by atoms with Crippen molar-refractivity contribution in [2.75, 3.05) is 6.61 Å². The lowest BCUT2D eigenvalue weighted by atomic mass is 9.60. The molecular weight excluding hydrogens is 426 g/mol. The van der Waals surface area contributed by atoms with E-state index in [2.05, 4.69) is 19.9 Å². The number of hydrogen-bond acceptors (Lipinski definition) is 1. The van der Waals surface area contributed by atoms with Crippen LogP contribution in [-0.4, -0.2) is 6.61 Å². The Hall–Kier alpha value is -1.38. The molecule has 0 N–H and O–H groups in total. The highest BCUT2D eigenvalue weighted by Gasteiger charge is 2.39. The van der Waals surface area contributed by atoms with E-state index in [1.165, 1.54) is 83.5 Å². The molecule has 1 unspecified atom stereocenters. The third-order valence-electron chi connectivity index (χ3n) is 8.55. The topological polar surface area (TPSA) is 9.23 Å². The van der Waals surface area contributed by atoms with Gasteiger partial charge in [0.25, 0.3) is 0 Å². The van der Waals surface area contributed by atoms with Gasteiger partial charge in [0.15, 0.2) is 11.6 Å². The van der Waals surface area contributed by atoms with Gasteiger partial charge in [0.2, 0.25) is 5.82 Å². The maximum absolute atomic E-state index is 15.0. The minimum absolute atomic E-state index is 0.0566. The van der Waals surface area contributed by atoms with Gasteiger partial charge in [-0.25, -0.2) is 4.39 Å². The number of allylic oxidation sites excluding steroid dienone is 2. The van der Waals surface area contributed by atoms with Crippen molar-refractivity contribution in [3.05, 3.63) is 35.4 Å². The molecule has 3 rings (SSSR count). The Bertz CT molecular complexity index is 763. The molecule has 0 amide bonds. The number of unbranched alkanes of at least 4 members (excludes halogenated alkanes) is 7. The second-order valence-corrected chi connectivity index (χ2v) is 10.9. The molecule has 0 saturated heterocycles. The fraction of sp³-hybridized carbons (Fsp3) is 0.742. The average Bonchev–Trinajstić information content (AvgIpc) is 2.87. The van der Waals surface area contributed by atoms with Gasteiger partial charge in [-0.15, -0.1) is 0 Å². The van der Waals surface area contributed by atoms with Gasteiger partial charge in [-0.3, -0.25) is 0 Å². The normalized spacial score (nSPS) is 20.2. The van der Waals surface area contributed by atoms with Crippen LogP contribution in [0.3, 0.4) is 0 Å². The lowest BCUT2D eigenvalue weighted by Crippen LogP contribution is -2.34. The Kier molecular flexibility index (Phi) is 11.4. The molecule has 1 aromatic rings. The van der Waals surface area contributed by atoms with Crippen LogP contribution < -0.4 is 4.74 Å². The summed E-state index contributed by atoms with van der Waals surface area (Å²) in [6.07, 6.45) is 24.2. The average molecular weight is 475 g/mol. The fourth-order valence-corrected chi connectivity index (χ4v) is 6.44. The number of hydrogen-bond donors (Lipinski definition) is 0. The summed E-state index contributed by atoms with van der Waals surface area (Å²) < 4.78 is 35.4. The summed E-state index contributed by atoms with van der Waals surface area (Å²) in [5.74, 6) is -0.808. The smallest absolute Gasteiger partial charge is 0.201 e. The van der Waals surface area contributed by atoms with Crippen LogP contribution >= 0.6 is 0 Å². The minimum atomic E-state index is -0.824. The summed E-state index contributed by atoms with van der Waals surface area (Å²) >= 11 is 0. The molecule has 0 bridgehead atoms. The Morgan fingerprint density at radius 1 is 0.853 bits per heavy atom. The van der Waals surface area contributed by atoms with Gasteiger partial charge < -0.3 is 4.74 Å².